The van der Waals surface area contributed by atoms with Crippen molar-refractivity contribution in [3.8, 4) is 0 Å². The van der Waals surface area contributed by atoms with Crippen molar-refractivity contribution >= 4 is 23.5 Å². The molecule has 190 valence electrons. The second kappa shape index (κ2) is 10.4. The van der Waals surface area contributed by atoms with Gasteiger partial charge in [0.25, 0.3) is 0 Å². The van der Waals surface area contributed by atoms with E-state index in [2.05, 4.69) is 0 Å². The van der Waals surface area contributed by atoms with Crippen LogP contribution in [0.4, 0.5) is 0 Å². The minimum absolute atomic E-state index is 0.0146. The predicted octanol–water partition coefficient (Wildman–Crippen LogP) is 2.36. The number of hydrogen-bond donors (Lipinski definition) is 2. The van der Waals surface area contributed by atoms with Crippen molar-refractivity contribution in [1.29, 1.82) is 0 Å². The Bertz CT molecular complexity index is 1290. The zero-order chi connectivity index (χ0) is 26.6. The molecule has 0 radical (unpaired) electrons. The van der Waals surface area contributed by atoms with Gasteiger partial charge in [0, 0.05) is 18.1 Å². The molecule has 1 heterocycles. The van der Waals surface area contributed by atoms with Gasteiger partial charge in [0.2, 0.25) is 5.78 Å². The summed E-state index contributed by atoms with van der Waals surface area (Å²) < 4.78 is 16.2. The monoisotopic (exact) mass is 504 g/mol. The van der Waals surface area contributed by atoms with Crippen molar-refractivity contribution < 1.29 is 43.6 Å². The van der Waals surface area contributed by atoms with Crippen LogP contribution in [0.3, 0.4) is 0 Å². The largest absolute Gasteiger partial charge is 0.459 e. The number of carbonyl (C=O) groups excluding carboxylic acids is 4. The fourth-order valence-electron chi connectivity index (χ4n) is 4.20. The van der Waals surface area contributed by atoms with Crippen molar-refractivity contribution in [2.24, 2.45) is 0 Å². The van der Waals surface area contributed by atoms with Crippen molar-refractivity contribution in [3.05, 3.63) is 108 Å². The highest BCUT2D eigenvalue weighted by Gasteiger charge is 2.72. The molecule has 9 nitrogen and oxygen atoms in total. The van der Waals surface area contributed by atoms with E-state index in [0.29, 0.717) is 0 Å². The van der Waals surface area contributed by atoms with Gasteiger partial charge in [-0.25, -0.2) is 4.79 Å². The highest BCUT2D eigenvalue weighted by atomic mass is 16.8. The van der Waals surface area contributed by atoms with Crippen LogP contribution in [-0.2, 0) is 19.0 Å². The maximum Gasteiger partial charge on any atom is 0.338 e. The van der Waals surface area contributed by atoms with Gasteiger partial charge >= 0.3 is 17.7 Å². The standard InChI is InChI=1S/C28H24O9/c1-18(29)36-28(24(31)20-13-7-3-8-14-20)26(33)27(34,23(30)19-11-5-2-6-12-19)22(37-28)17-35-25(32)21-15-9-4-10-16-21/h2-16,22,26,33-34H,17H2,1H3/t22-,26-,27+,28-/m1/s1. The van der Waals surface area contributed by atoms with E-state index in [0.717, 1.165) is 6.92 Å². The first-order valence-corrected chi connectivity index (χ1v) is 11.4. The minimum atomic E-state index is -2.84. The Labute approximate surface area is 212 Å². The van der Waals surface area contributed by atoms with Crippen LogP contribution in [0.25, 0.3) is 0 Å². The van der Waals surface area contributed by atoms with Crippen LogP contribution in [0.2, 0.25) is 0 Å². The van der Waals surface area contributed by atoms with Crippen LogP contribution in [0.5, 0.6) is 0 Å². The summed E-state index contributed by atoms with van der Waals surface area (Å²) in [6.45, 7) is 0.238. The van der Waals surface area contributed by atoms with E-state index in [1.807, 2.05) is 0 Å². The van der Waals surface area contributed by atoms with E-state index < -0.39 is 53.7 Å². The number of Topliss-reactive ketones (excluding diaryl/α,β-unsaturated/α-hetero) is 2. The highest BCUT2D eigenvalue weighted by molar-refractivity contribution is 6.08. The molecule has 0 unspecified atom stereocenters. The SMILES string of the molecule is CC(=O)O[C@]1(C(=O)c2ccccc2)O[C@H](COC(=O)c2ccccc2)[C@](O)(C(=O)c2ccccc2)[C@H]1O. The summed E-state index contributed by atoms with van der Waals surface area (Å²) >= 11 is 0. The molecule has 9 heteroatoms. The molecule has 0 spiro atoms. The summed E-state index contributed by atoms with van der Waals surface area (Å²) in [6.07, 6.45) is -4.15. The summed E-state index contributed by atoms with van der Waals surface area (Å²) in [5, 5.41) is 23.1. The van der Waals surface area contributed by atoms with Crippen LogP contribution in [0.1, 0.15) is 38.0 Å². The topological polar surface area (TPSA) is 136 Å². The number of rotatable bonds is 8. The molecule has 1 aliphatic rings. The Morgan fingerprint density at radius 1 is 0.784 bits per heavy atom. The lowest BCUT2D eigenvalue weighted by molar-refractivity contribution is -0.222. The van der Waals surface area contributed by atoms with Gasteiger partial charge in [0.15, 0.2) is 17.5 Å². The lowest BCUT2D eigenvalue weighted by Crippen LogP contribution is -2.61. The lowest BCUT2D eigenvalue weighted by Gasteiger charge is -2.32. The van der Waals surface area contributed by atoms with Gasteiger partial charge in [-0.1, -0.05) is 78.9 Å². The quantitative estimate of drug-likeness (QED) is 0.350. The number of aliphatic hydroxyl groups excluding tert-OH is 1. The predicted molar refractivity (Wildman–Crippen MR) is 129 cm³/mol. The number of benzene rings is 3. The van der Waals surface area contributed by atoms with Crippen LogP contribution in [-0.4, -0.2) is 63.9 Å². The summed E-state index contributed by atoms with van der Waals surface area (Å²) in [5.41, 5.74) is -2.68. The molecule has 0 aliphatic carbocycles. The van der Waals surface area contributed by atoms with Crippen molar-refractivity contribution in [3.63, 3.8) is 0 Å². The molecule has 4 rings (SSSR count). The summed E-state index contributed by atoms with van der Waals surface area (Å²) in [4.78, 5) is 51.8. The van der Waals surface area contributed by atoms with Crippen LogP contribution in [0, 0.1) is 0 Å². The third-order valence-corrected chi connectivity index (χ3v) is 6.01. The summed E-state index contributed by atoms with van der Waals surface area (Å²) in [7, 11) is 0. The number of ketones is 2. The van der Waals surface area contributed by atoms with Gasteiger partial charge in [0.05, 0.1) is 5.56 Å². The smallest absolute Gasteiger partial charge is 0.338 e. The van der Waals surface area contributed by atoms with Gasteiger partial charge < -0.3 is 24.4 Å². The van der Waals surface area contributed by atoms with Gasteiger partial charge in [0.1, 0.15) is 12.7 Å². The number of esters is 2. The minimum Gasteiger partial charge on any atom is -0.459 e. The zero-order valence-corrected chi connectivity index (χ0v) is 19.8. The normalized spacial score (nSPS) is 24.7. The van der Waals surface area contributed by atoms with E-state index in [9.17, 15) is 29.4 Å². The maximum absolute atomic E-state index is 13.6. The van der Waals surface area contributed by atoms with Gasteiger partial charge in [-0.05, 0) is 12.1 Å². The summed E-state index contributed by atoms with van der Waals surface area (Å²) in [5.74, 6) is -6.63. The number of aliphatic hydroxyl groups is 2. The molecule has 0 bridgehead atoms. The number of hydrogen-bond acceptors (Lipinski definition) is 9. The average Bonchev–Trinajstić information content (AvgIpc) is 3.14. The van der Waals surface area contributed by atoms with Gasteiger partial charge in [-0.2, -0.15) is 0 Å². The van der Waals surface area contributed by atoms with E-state index in [4.69, 9.17) is 14.2 Å². The Morgan fingerprint density at radius 2 is 1.24 bits per heavy atom. The molecule has 4 atom stereocenters. The molecule has 1 aliphatic heterocycles. The molecule has 0 aromatic heterocycles. The third kappa shape index (κ3) is 4.79. The fourth-order valence-corrected chi connectivity index (χ4v) is 4.20. The first kappa shape index (κ1) is 25.9. The van der Waals surface area contributed by atoms with Crippen LogP contribution >= 0.6 is 0 Å². The average molecular weight is 504 g/mol. The van der Waals surface area contributed by atoms with Crippen molar-refractivity contribution in [2.45, 2.75) is 30.5 Å². The fraction of sp³-hybridized carbons (Fsp3) is 0.214. The molecular formula is C28H24O9. The van der Waals surface area contributed by atoms with E-state index in [-0.39, 0.29) is 16.7 Å². The number of carbonyl (C=O) groups is 4. The highest BCUT2D eigenvalue weighted by Crippen LogP contribution is 2.43. The Kier molecular flexibility index (Phi) is 7.30. The van der Waals surface area contributed by atoms with E-state index in [1.54, 1.807) is 30.3 Å². The second-order valence-electron chi connectivity index (χ2n) is 8.45. The molecule has 2 N–H and O–H groups in total. The first-order valence-electron chi connectivity index (χ1n) is 11.4. The molecule has 1 saturated heterocycles. The Hall–Kier alpha value is -4.18. The van der Waals surface area contributed by atoms with E-state index >= 15 is 0 Å². The third-order valence-electron chi connectivity index (χ3n) is 6.01. The molecular weight excluding hydrogens is 480 g/mol. The van der Waals surface area contributed by atoms with Crippen molar-refractivity contribution in [2.75, 3.05) is 6.61 Å². The number of ether oxygens (including phenoxy) is 3. The van der Waals surface area contributed by atoms with Crippen molar-refractivity contribution in [1.82, 2.24) is 0 Å². The van der Waals surface area contributed by atoms with Crippen LogP contribution < -0.4 is 0 Å². The van der Waals surface area contributed by atoms with Gasteiger partial charge in [-0.3, -0.25) is 14.4 Å². The Morgan fingerprint density at radius 3 is 1.73 bits per heavy atom. The molecule has 0 amide bonds. The van der Waals surface area contributed by atoms with Gasteiger partial charge in [-0.15, -0.1) is 0 Å². The molecule has 1 fully saturated rings. The summed E-state index contributed by atoms with van der Waals surface area (Å²) in [6, 6.07) is 22.9. The van der Waals surface area contributed by atoms with E-state index in [1.165, 1.54) is 60.7 Å². The van der Waals surface area contributed by atoms with Crippen LogP contribution in [0.15, 0.2) is 91.0 Å². The molecule has 3 aromatic carbocycles. The first-order chi connectivity index (χ1) is 17.7. The second-order valence-corrected chi connectivity index (χ2v) is 8.45. The lowest BCUT2D eigenvalue weighted by atomic mass is 9.80. The molecule has 37 heavy (non-hydrogen) atoms. The molecule has 3 aromatic rings. The molecule has 0 saturated carbocycles. The Balaban J connectivity index is 1.77. The maximum atomic E-state index is 13.6. The zero-order valence-electron chi connectivity index (χ0n) is 19.8.